The van der Waals surface area contributed by atoms with Crippen LogP contribution in [0.15, 0.2) is 10.9 Å². The topological polar surface area (TPSA) is 48.6 Å². The zero-order valence-electron chi connectivity index (χ0n) is 7.31. The Morgan fingerprint density at radius 1 is 1.50 bits per heavy atom. The van der Waals surface area contributed by atoms with Crippen molar-refractivity contribution in [3.63, 3.8) is 0 Å². The van der Waals surface area contributed by atoms with Gasteiger partial charge in [0.15, 0.2) is 0 Å². The molecule has 0 spiro atoms. The van der Waals surface area contributed by atoms with Gasteiger partial charge < -0.3 is 5.10 Å². The molecule has 2 N–H and O–H groups in total. The van der Waals surface area contributed by atoms with Crippen LogP contribution in [0, 0.1) is 0 Å². The van der Waals surface area contributed by atoms with E-state index in [2.05, 4.69) is 17.1 Å². The maximum absolute atomic E-state index is 10.9. The summed E-state index contributed by atoms with van der Waals surface area (Å²) in [6.07, 6.45) is 4.86. The van der Waals surface area contributed by atoms with Gasteiger partial charge in [-0.1, -0.05) is 13.3 Å². The quantitative estimate of drug-likeness (QED) is 0.687. The van der Waals surface area contributed by atoms with Crippen molar-refractivity contribution >= 4 is 0 Å². The van der Waals surface area contributed by atoms with E-state index in [0.717, 1.165) is 12.1 Å². The maximum atomic E-state index is 10.9. The van der Waals surface area contributed by atoms with Crippen LogP contribution in [-0.2, 0) is 5.41 Å². The van der Waals surface area contributed by atoms with E-state index in [-0.39, 0.29) is 5.56 Å². The van der Waals surface area contributed by atoms with Crippen molar-refractivity contribution in [1.29, 1.82) is 0 Å². The highest BCUT2D eigenvalue weighted by atomic mass is 16.1. The minimum Gasteiger partial charge on any atom is -0.302 e. The van der Waals surface area contributed by atoms with Crippen molar-refractivity contribution < 1.29 is 0 Å². The Morgan fingerprint density at radius 3 is 2.58 bits per heavy atom. The van der Waals surface area contributed by atoms with E-state index < -0.39 is 0 Å². The molecular weight excluding hydrogens is 152 g/mol. The molecule has 3 nitrogen and oxygen atoms in total. The lowest BCUT2D eigenvalue weighted by atomic mass is 9.65. The fourth-order valence-electron chi connectivity index (χ4n) is 2.03. The summed E-state index contributed by atoms with van der Waals surface area (Å²) < 4.78 is 0. The molecule has 12 heavy (non-hydrogen) atoms. The Bertz CT molecular complexity index is 314. The zero-order valence-corrected chi connectivity index (χ0v) is 7.31. The van der Waals surface area contributed by atoms with Gasteiger partial charge in [-0.3, -0.25) is 9.89 Å². The lowest BCUT2D eigenvalue weighted by Crippen LogP contribution is -2.33. The van der Waals surface area contributed by atoms with E-state index >= 15 is 0 Å². The summed E-state index contributed by atoms with van der Waals surface area (Å²) >= 11 is 0. The Morgan fingerprint density at radius 2 is 2.25 bits per heavy atom. The van der Waals surface area contributed by atoms with Crippen LogP contribution in [0.4, 0.5) is 0 Å². The second kappa shape index (κ2) is 2.51. The van der Waals surface area contributed by atoms with Crippen LogP contribution in [-0.4, -0.2) is 10.2 Å². The first kappa shape index (κ1) is 7.65. The van der Waals surface area contributed by atoms with E-state index in [1.54, 1.807) is 6.07 Å². The van der Waals surface area contributed by atoms with Gasteiger partial charge in [0.2, 0.25) is 0 Å². The highest BCUT2D eigenvalue weighted by molar-refractivity contribution is 5.18. The molecular formula is C9H14N2O. The second-order valence-electron chi connectivity index (χ2n) is 3.66. The van der Waals surface area contributed by atoms with Gasteiger partial charge in [-0.2, -0.15) is 0 Å². The van der Waals surface area contributed by atoms with E-state index in [0.29, 0.717) is 5.41 Å². The summed E-state index contributed by atoms with van der Waals surface area (Å²) in [6, 6.07) is 1.70. The molecule has 0 aromatic carbocycles. The van der Waals surface area contributed by atoms with E-state index in [9.17, 15) is 4.79 Å². The third-order valence-corrected chi connectivity index (χ3v) is 3.15. The Kier molecular flexibility index (Phi) is 1.60. The van der Waals surface area contributed by atoms with Crippen LogP contribution in [0.3, 0.4) is 0 Å². The molecule has 0 aliphatic heterocycles. The number of hydrogen-bond donors (Lipinski definition) is 2. The number of hydrogen-bond acceptors (Lipinski definition) is 1. The third kappa shape index (κ3) is 0.924. The molecule has 1 aliphatic rings. The molecule has 1 aromatic heterocycles. The lowest BCUT2D eigenvalue weighted by Gasteiger charge is -2.40. The van der Waals surface area contributed by atoms with Gasteiger partial charge in [0.1, 0.15) is 0 Å². The molecule has 1 saturated carbocycles. The first-order valence-corrected chi connectivity index (χ1v) is 4.55. The number of nitrogens with one attached hydrogen (secondary N) is 2. The van der Waals surface area contributed by atoms with Gasteiger partial charge in [-0.05, 0) is 19.3 Å². The molecule has 0 saturated heterocycles. The Labute approximate surface area is 71.2 Å². The van der Waals surface area contributed by atoms with Gasteiger partial charge in [0.05, 0.1) is 0 Å². The maximum Gasteiger partial charge on any atom is 0.264 e. The Balaban J connectivity index is 2.33. The SMILES string of the molecule is CCC1(c2cc(=O)[nH][nH]2)CCC1. The first-order valence-electron chi connectivity index (χ1n) is 4.55. The van der Waals surface area contributed by atoms with Gasteiger partial charge in [0, 0.05) is 17.2 Å². The molecule has 0 atom stereocenters. The van der Waals surface area contributed by atoms with Crippen LogP contribution in [0.1, 0.15) is 38.3 Å². The molecule has 0 bridgehead atoms. The minimum absolute atomic E-state index is 0.00951. The van der Waals surface area contributed by atoms with Gasteiger partial charge in [-0.25, -0.2) is 0 Å². The highest BCUT2D eigenvalue weighted by Gasteiger charge is 2.38. The van der Waals surface area contributed by atoms with Crippen molar-refractivity contribution in [1.82, 2.24) is 10.2 Å². The monoisotopic (exact) mass is 166 g/mol. The van der Waals surface area contributed by atoms with Crippen LogP contribution in [0.25, 0.3) is 0 Å². The summed E-state index contributed by atoms with van der Waals surface area (Å²) in [6.45, 7) is 2.18. The normalized spacial score (nSPS) is 20.4. The Hall–Kier alpha value is -0.990. The second-order valence-corrected chi connectivity index (χ2v) is 3.66. The summed E-state index contributed by atoms with van der Waals surface area (Å²) in [5.41, 5.74) is 1.38. The molecule has 1 aliphatic carbocycles. The van der Waals surface area contributed by atoms with E-state index in [4.69, 9.17) is 0 Å². The van der Waals surface area contributed by atoms with Gasteiger partial charge in [-0.15, -0.1) is 0 Å². The van der Waals surface area contributed by atoms with Crippen LogP contribution in [0.2, 0.25) is 0 Å². The first-order chi connectivity index (χ1) is 5.77. The van der Waals surface area contributed by atoms with Crippen molar-refractivity contribution in [3.8, 4) is 0 Å². The predicted molar refractivity (Wildman–Crippen MR) is 47.2 cm³/mol. The molecule has 1 aromatic rings. The van der Waals surface area contributed by atoms with Crippen LogP contribution < -0.4 is 5.56 Å². The average molecular weight is 166 g/mol. The largest absolute Gasteiger partial charge is 0.302 e. The summed E-state index contributed by atoms with van der Waals surface area (Å²) in [5, 5.41) is 5.56. The predicted octanol–water partition coefficient (Wildman–Crippen LogP) is 1.53. The third-order valence-electron chi connectivity index (χ3n) is 3.15. The molecule has 0 amide bonds. The molecule has 66 valence electrons. The number of rotatable bonds is 2. The fourth-order valence-corrected chi connectivity index (χ4v) is 2.03. The van der Waals surface area contributed by atoms with Crippen molar-refractivity contribution in [3.05, 3.63) is 22.1 Å². The smallest absolute Gasteiger partial charge is 0.264 e. The van der Waals surface area contributed by atoms with Crippen molar-refractivity contribution in [2.75, 3.05) is 0 Å². The van der Waals surface area contributed by atoms with E-state index in [1.807, 2.05) is 0 Å². The minimum atomic E-state index is -0.00951. The summed E-state index contributed by atoms with van der Waals surface area (Å²) in [5.74, 6) is 0. The molecule has 2 rings (SSSR count). The fraction of sp³-hybridized carbons (Fsp3) is 0.667. The van der Waals surface area contributed by atoms with Crippen molar-refractivity contribution in [2.45, 2.75) is 38.0 Å². The standard InChI is InChI=1S/C9H14N2O/c1-2-9(4-3-5-9)7-6-8(12)11-10-7/h6H,2-5H2,1H3,(H2,10,11,12). The molecule has 0 unspecified atom stereocenters. The average Bonchev–Trinajstić information content (AvgIpc) is 2.35. The molecule has 3 heteroatoms. The van der Waals surface area contributed by atoms with Crippen molar-refractivity contribution in [2.24, 2.45) is 0 Å². The molecule has 1 fully saturated rings. The molecule has 1 heterocycles. The van der Waals surface area contributed by atoms with Gasteiger partial charge in [0.25, 0.3) is 5.56 Å². The van der Waals surface area contributed by atoms with Gasteiger partial charge >= 0.3 is 0 Å². The van der Waals surface area contributed by atoms with Crippen LogP contribution in [0.5, 0.6) is 0 Å². The number of aromatic nitrogens is 2. The summed E-state index contributed by atoms with van der Waals surface area (Å²) in [4.78, 5) is 10.9. The highest BCUT2D eigenvalue weighted by Crippen LogP contribution is 2.44. The zero-order chi connectivity index (χ0) is 8.60. The lowest BCUT2D eigenvalue weighted by molar-refractivity contribution is 0.227. The number of aromatic amines is 2. The summed E-state index contributed by atoms with van der Waals surface area (Å²) in [7, 11) is 0. The number of H-pyrrole nitrogens is 2. The van der Waals surface area contributed by atoms with E-state index in [1.165, 1.54) is 19.3 Å². The molecule has 0 radical (unpaired) electrons. The van der Waals surface area contributed by atoms with Crippen LogP contribution >= 0.6 is 0 Å².